The quantitative estimate of drug-likeness (QED) is 0.623. The van der Waals surface area contributed by atoms with Crippen LogP contribution in [-0.2, 0) is 15.8 Å². The number of alkyl halides is 3. The number of benzene rings is 2. The van der Waals surface area contributed by atoms with E-state index in [1.165, 1.54) is 24.1 Å². The zero-order valence-electron chi connectivity index (χ0n) is 18.2. The Labute approximate surface area is 190 Å². The second-order valence-electron chi connectivity index (χ2n) is 8.40. The number of methoxy groups -OCH3 is 1. The Morgan fingerprint density at radius 2 is 1.79 bits per heavy atom. The second-order valence-corrected chi connectivity index (χ2v) is 8.40. The average Bonchev–Trinajstić information content (AvgIpc) is 3.29. The molecule has 1 aliphatic carbocycles. The first-order valence-corrected chi connectivity index (χ1v) is 10.9. The van der Waals surface area contributed by atoms with Gasteiger partial charge in [-0.3, -0.25) is 14.5 Å². The highest BCUT2D eigenvalue weighted by Gasteiger charge is 2.56. The molecule has 0 spiro atoms. The van der Waals surface area contributed by atoms with Crippen LogP contribution < -0.4 is 15.0 Å². The summed E-state index contributed by atoms with van der Waals surface area (Å²) < 4.78 is 44.4. The Morgan fingerprint density at radius 1 is 1.12 bits per heavy atom. The van der Waals surface area contributed by atoms with E-state index in [0.717, 1.165) is 43.4 Å². The fourth-order valence-electron chi connectivity index (χ4n) is 4.50. The minimum absolute atomic E-state index is 0.0270. The molecule has 1 saturated heterocycles. The third kappa shape index (κ3) is 4.47. The molecule has 1 aliphatic heterocycles. The molecule has 2 fully saturated rings. The summed E-state index contributed by atoms with van der Waals surface area (Å²) >= 11 is 0. The van der Waals surface area contributed by atoms with Gasteiger partial charge in [0.05, 0.1) is 19.1 Å². The Hall–Kier alpha value is -3.29. The van der Waals surface area contributed by atoms with Crippen LogP contribution in [0.25, 0.3) is 6.08 Å². The molecule has 1 saturated carbocycles. The van der Waals surface area contributed by atoms with E-state index in [9.17, 15) is 22.8 Å². The van der Waals surface area contributed by atoms with Crippen molar-refractivity contribution in [2.45, 2.75) is 49.9 Å². The molecule has 0 bridgehead atoms. The number of nitrogens with one attached hydrogen (secondary N) is 1. The van der Waals surface area contributed by atoms with E-state index in [-0.39, 0.29) is 30.0 Å². The third-order valence-electron chi connectivity index (χ3n) is 6.28. The van der Waals surface area contributed by atoms with Crippen molar-refractivity contribution in [3.63, 3.8) is 0 Å². The number of carbonyl (C=O) groups excluding carboxylic acids is 2. The zero-order chi connectivity index (χ0) is 23.6. The summed E-state index contributed by atoms with van der Waals surface area (Å²) in [5.41, 5.74) is -1.18. The van der Waals surface area contributed by atoms with Crippen LogP contribution >= 0.6 is 0 Å². The van der Waals surface area contributed by atoms with Crippen molar-refractivity contribution in [3.8, 4) is 5.75 Å². The molecular weight excluding hydrogens is 433 g/mol. The number of rotatable bonds is 6. The van der Waals surface area contributed by atoms with E-state index in [2.05, 4.69) is 5.32 Å². The van der Waals surface area contributed by atoms with Crippen LogP contribution in [0, 0.1) is 0 Å². The molecule has 0 unspecified atom stereocenters. The Kier molecular flexibility index (Phi) is 6.19. The van der Waals surface area contributed by atoms with Gasteiger partial charge in [0.1, 0.15) is 5.75 Å². The predicted octanol–water partition coefficient (Wildman–Crippen LogP) is 4.96. The maximum atomic E-state index is 13.5. The van der Waals surface area contributed by atoms with E-state index in [0.29, 0.717) is 5.75 Å². The number of anilines is 1. The van der Waals surface area contributed by atoms with Crippen molar-refractivity contribution < 1.29 is 27.5 Å². The fraction of sp³-hybridized carbons (Fsp3) is 0.360. The largest absolute Gasteiger partial charge is 0.496 e. The number of carbonyl (C=O) groups is 2. The van der Waals surface area contributed by atoms with Crippen molar-refractivity contribution in [1.82, 2.24) is 5.32 Å². The highest BCUT2D eigenvalue weighted by atomic mass is 19.4. The third-order valence-corrected chi connectivity index (χ3v) is 6.28. The van der Waals surface area contributed by atoms with Gasteiger partial charge in [0.15, 0.2) is 5.54 Å². The minimum atomic E-state index is -4.49. The molecular formula is C25H25F3N2O3. The van der Waals surface area contributed by atoms with Gasteiger partial charge in [-0.25, -0.2) is 0 Å². The molecule has 33 heavy (non-hydrogen) atoms. The highest BCUT2D eigenvalue weighted by Crippen LogP contribution is 2.41. The van der Waals surface area contributed by atoms with Gasteiger partial charge in [0, 0.05) is 17.3 Å². The smallest absolute Gasteiger partial charge is 0.416 e. The van der Waals surface area contributed by atoms with E-state index in [4.69, 9.17) is 4.74 Å². The monoisotopic (exact) mass is 458 g/mol. The van der Waals surface area contributed by atoms with Crippen molar-refractivity contribution in [3.05, 3.63) is 65.7 Å². The topological polar surface area (TPSA) is 58.6 Å². The summed E-state index contributed by atoms with van der Waals surface area (Å²) in [5.74, 6) is -0.0621. The van der Waals surface area contributed by atoms with E-state index in [1.54, 1.807) is 18.2 Å². The molecule has 2 aliphatic rings. The van der Waals surface area contributed by atoms with Crippen molar-refractivity contribution >= 4 is 23.6 Å². The first kappa shape index (κ1) is 22.9. The SMILES string of the molecule is COc1ccccc1/C=C/[C@@]1(C(=O)NC2CCCC2)CC(=O)N1c1ccc(C(F)(F)F)cc1. The summed E-state index contributed by atoms with van der Waals surface area (Å²) in [5, 5.41) is 3.05. The number of hydrogen-bond donors (Lipinski definition) is 1. The number of para-hydroxylation sites is 1. The van der Waals surface area contributed by atoms with Crippen LogP contribution in [0.15, 0.2) is 54.6 Å². The molecule has 174 valence electrons. The van der Waals surface area contributed by atoms with Gasteiger partial charge in [-0.05, 0) is 49.2 Å². The lowest BCUT2D eigenvalue weighted by molar-refractivity contribution is -0.138. The lowest BCUT2D eigenvalue weighted by atomic mass is 9.80. The number of ether oxygens (including phenoxy) is 1. The number of nitrogens with zero attached hydrogens (tertiary/aromatic N) is 1. The molecule has 2 aromatic rings. The van der Waals surface area contributed by atoms with Gasteiger partial charge in [0.2, 0.25) is 5.91 Å². The minimum Gasteiger partial charge on any atom is -0.496 e. The lowest BCUT2D eigenvalue weighted by Crippen LogP contribution is -2.70. The summed E-state index contributed by atoms with van der Waals surface area (Å²) in [4.78, 5) is 27.4. The van der Waals surface area contributed by atoms with Crippen LogP contribution in [0.1, 0.15) is 43.2 Å². The van der Waals surface area contributed by atoms with Gasteiger partial charge in [0.25, 0.3) is 5.91 Å². The van der Waals surface area contributed by atoms with Crippen LogP contribution in [0.5, 0.6) is 5.75 Å². The molecule has 1 N–H and O–H groups in total. The van der Waals surface area contributed by atoms with Gasteiger partial charge in [-0.1, -0.05) is 37.1 Å². The van der Waals surface area contributed by atoms with Crippen molar-refractivity contribution in [2.75, 3.05) is 12.0 Å². The maximum Gasteiger partial charge on any atom is 0.416 e. The first-order chi connectivity index (χ1) is 15.7. The summed E-state index contributed by atoms with van der Waals surface area (Å²) in [6.07, 6.45) is 2.59. The maximum absolute atomic E-state index is 13.5. The molecule has 2 amide bonds. The highest BCUT2D eigenvalue weighted by molar-refractivity contribution is 6.15. The predicted molar refractivity (Wildman–Crippen MR) is 119 cm³/mol. The molecule has 2 aromatic carbocycles. The lowest BCUT2D eigenvalue weighted by Gasteiger charge is -2.49. The van der Waals surface area contributed by atoms with Crippen molar-refractivity contribution in [2.24, 2.45) is 0 Å². The average molecular weight is 458 g/mol. The summed E-state index contributed by atoms with van der Waals surface area (Å²) in [6.45, 7) is 0. The van der Waals surface area contributed by atoms with Crippen molar-refractivity contribution in [1.29, 1.82) is 0 Å². The van der Waals surface area contributed by atoms with Gasteiger partial charge < -0.3 is 10.1 Å². The Bertz CT molecular complexity index is 1060. The van der Waals surface area contributed by atoms with Crippen LogP contribution in [0.4, 0.5) is 18.9 Å². The van der Waals surface area contributed by atoms with E-state index < -0.39 is 17.3 Å². The number of amides is 2. The number of β-lactam (4-membered cyclic amide) rings is 1. The van der Waals surface area contributed by atoms with Gasteiger partial charge in [-0.15, -0.1) is 0 Å². The molecule has 4 rings (SSSR count). The second kappa shape index (κ2) is 8.92. The van der Waals surface area contributed by atoms with Crippen LogP contribution in [0.2, 0.25) is 0 Å². The molecule has 1 heterocycles. The number of halogens is 3. The number of hydrogen-bond acceptors (Lipinski definition) is 3. The molecule has 0 aromatic heterocycles. The first-order valence-electron chi connectivity index (χ1n) is 10.9. The van der Waals surface area contributed by atoms with Gasteiger partial charge in [-0.2, -0.15) is 13.2 Å². The van der Waals surface area contributed by atoms with Crippen LogP contribution in [-0.4, -0.2) is 30.5 Å². The molecule has 1 atom stereocenters. The summed E-state index contributed by atoms with van der Waals surface area (Å²) in [7, 11) is 1.54. The molecule has 5 nitrogen and oxygen atoms in total. The van der Waals surface area contributed by atoms with Gasteiger partial charge >= 0.3 is 6.18 Å². The normalized spacial score (nSPS) is 21.3. The molecule has 8 heteroatoms. The summed E-state index contributed by atoms with van der Waals surface area (Å²) in [6, 6.07) is 11.6. The Balaban J connectivity index is 1.70. The fourth-order valence-corrected chi connectivity index (χ4v) is 4.50. The standard InChI is InChI=1S/C25H25F3N2O3/c1-33-21-9-5-2-6-17(21)14-15-24(23(32)29-19-7-3-4-8-19)16-22(31)30(24)20-12-10-18(11-13-20)25(26,27)28/h2,5-6,9-15,19H,3-4,7-8,16H2,1H3,(H,29,32)/b15-14+/t24-/m0/s1. The molecule has 0 radical (unpaired) electrons. The zero-order valence-corrected chi connectivity index (χ0v) is 18.2. The Morgan fingerprint density at radius 3 is 2.39 bits per heavy atom. The van der Waals surface area contributed by atoms with E-state index >= 15 is 0 Å². The van der Waals surface area contributed by atoms with Crippen LogP contribution in [0.3, 0.4) is 0 Å². The van der Waals surface area contributed by atoms with E-state index in [1.807, 2.05) is 18.2 Å².